The van der Waals surface area contributed by atoms with Crippen molar-refractivity contribution in [1.82, 2.24) is 14.8 Å². The lowest BCUT2D eigenvalue weighted by Crippen LogP contribution is -2.38. The Kier molecular flexibility index (Phi) is 5.13. The Morgan fingerprint density at radius 1 is 1.24 bits per heavy atom. The molecule has 2 heterocycles. The van der Waals surface area contributed by atoms with Crippen LogP contribution in [0.4, 0.5) is 0 Å². The normalized spacial score (nSPS) is 22.9. The van der Waals surface area contributed by atoms with Gasteiger partial charge in [0.1, 0.15) is 5.01 Å². The first-order valence-corrected chi connectivity index (χ1v) is 10.1. The van der Waals surface area contributed by atoms with Gasteiger partial charge in [-0.3, -0.25) is 4.79 Å². The van der Waals surface area contributed by atoms with Crippen molar-refractivity contribution < 1.29 is 4.79 Å². The lowest BCUT2D eigenvalue weighted by Gasteiger charge is -2.25. The third kappa shape index (κ3) is 4.10. The molecule has 1 aliphatic heterocycles. The molecule has 0 bridgehead atoms. The molecule has 0 spiro atoms. The minimum atomic E-state index is 0.154. The van der Waals surface area contributed by atoms with E-state index in [-0.39, 0.29) is 5.92 Å². The summed E-state index contributed by atoms with van der Waals surface area (Å²) in [4.78, 5) is 22.0. The Labute approximate surface area is 153 Å². The summed E-state index contributed by atoms with van der Waals surface area (Å²) in [7, 11) is 0. The van der Waals surface area contributed by atoms with Gasteiger partial charge >= 0.3 is 0 Å². The maximum Gasteiger partial charge on any atom is 0.226 e. The minimum absolute atomic E-state index is 0.154. The number of carbonyl (C=O) groups is 1. The molecule has 0 unspecified atom stereocenters. The van der Waals surface area contributed by atoms with E-state index in [2.05, 4.69) is 34.1 Å². The molecule has 25 heavy (non-hydrogen) atoms. The van der Waals surface area contributed by atoms with Crippen LogP contribution in [0.25, 0.3) is 0 Å². The van der Waals surface area contributed by atoms with Crippen molar-refractivity contribution in [3.63, 3.8) is 0 Å². The van der Waals surface area contributed by atoms with Gasteiger partial charge in [-0.2, -0.15) is 0 Å². The van der Waals surface area contributed by atoms with Gasteiger partial charge in [-0.1, -0.05) is 30.3 Å². The van der Waals surface area contributed by atoms with Crippen LogP contribution in [-0.4, -0.2) is 46.9 Å². The zero-order valence-corrected chi connectivity index (χ0v) is 15.3. The van der Waals surface area contributed by atoms with Crippen LogP contribution < -0.4 is 0 Å². The van der Waals surface area contributed by atoms with Crippen LogP contribution in [0.2, 0.25) is 0 Å². The number of carbonyl (C=O) groups excluding carboxylic acids is 1. The highest BCUT2D eigenvalue weighted by atomic mass is 32.1. The van der Waals surface area contributed by atoms with Gasteiger partial charge in [-0.05, 0) is 43.8 Å². The smallest absolute Gasteiger partial charge is 0.226 e. The number of amides is 1. The van der Waals surface area contributed by atoms with Crippen LogP contribution in [0.15, 0.2) is 41.9 Å². The van der Waals surface area contributed by atoms with Crippen LogP contribution in [0.5, 0.6) is 0 Å². The van der Waals surface area contributed by atoms with E-state index in [1.165, 1.54) is 31.5 Å². The van der Waals surface area contributed by atoms with E-state index in [4.69, 9.17) is 0 Å². The fourth-order valence-corrected chi connectivity index (χ4v) is 4.43. The number of nitrogens with zero attached hydrogens (tertiary/aromatic N) is 3. The third-order valence-electron chi connectivity index (χ3n) is 5.34. The van der Waals surface area contributed by atoms with E-state index >= 15 is 0 Å². The standard InChI is InChI=1S/C20H25N3OS/c24-20(18-14-17(18)16-6-2-1-3-7-16)23(15-19-21-8-13-25-19)12-11-22-9-4-5-10-22/h1-3,6-8,13,17-18H,4-5,9-12,14-15H2/t17-,18-/m0/s1. The summed E-state index contributed by atoms with van der Waals surface area (Å²) >= 11 is 1.64. The van der Waals surface area contributed by atoms with Gasteiger partial charge in [0.2, 0.25) is 5.91 Å². The zero-order chi connectivity index (χ0) is 17.1. The van der Waals surface area contributed by atoms with Crippen LogP contribution in [-0.2, 0) is 11.3 Å². The van der Waals surface area contributed by atoms with Crippen LogP contribution in [0.1, 0.15) is 35.8 Å². The average Bonchev–Trinajstić information content (AvgIpc) is 3.02. The molecule has 1 aromatic heterocycles. The number of thiazole rings is 1. The van der Waals surface area contributed by atoms with E-state index in [1.807, 2.05) is 22.5 Å². The predicted octanol–water partition coefficient (Wildman–Crippen LogP) is 3.37. The zero-order valence-electron chi connectivity index (χ0n) is 14.5. The fraction of sp³-hybridized carbons (Fsp3) is 0.500. The Bertz CT molecular complexity index is 682. The first-order chi connectivity index (χ1) is 12.3. The van der Waals surface area contributed by atoms with Crippen molar-refractivity contribution >= 4 is 17.2 Å². The Morgan fingerprint density at radius 3 is 2.76 bits per heavy atom. The van der Waals surface area contributed by atoms with Crippen LogP contribution >= 0.6 is 11.3 Å². The number of likely N-dealkylation sites (tertiary alicyclic amines) is 1. The van der Waals surface area contributed by atoms with Gasteiger partial charge in [0.05, 0.1) is 6.54 Å². The number of rotatable bonds is 7. The van der Waals surface area contributed by atoms with E-state index in [0.717, 1.165) is 24.5 Å². The highest BCUT2D eigenvalue weighted by molar-refractivity contribution is 7.09. The highest BCUT2D eigenvalue weighted by Gasteiger charge is 2.45. The summed E-state index contributed by atoms with van der Waals surface area (Å²) in [6.07, 6.45) is 5.40. The van der Waals surface area contributed by atoms with E-state index in [1.54, 1.807) is 11.3 Å². The molecule has 1 saturated heterocycles. The maximum atomic E-state index is 13.1. The molecule has 1 aliphatic carbocycles. The van der Waals surface area contributed by atoms with Crippen molar-refractivity contribution in [3.8, 4) is 0 Å². The van der Waals surface area contributed by atoms with Crippen molar-refractivity contribution in [1.29, 1.82) is 0 Å². The summed E-state index contributed by atoms with van der Waals surface area (Å²) in [5.41, 5.74) is 1.30. The van der Waals surface area contributed by atoms with Gasteiger partial charge in [-0.15, -0.1) is 11.3 Å². The average molecular weight is 356 g/mol. The van der Waals surface area contributed by atoms with Gasteiger partial charge in [0.15, 0.2) is 0 Å². The van der Waals surface area contributed by atoms with E-state index in [0.29, 0.717) is 18.4 Å². The summed E-state index contributed by atoms with van der Waals surface area (Å²) in [6.45, 7) is 4.81. The topological polar surface area (TPSA) is 36.4 Å². The molecular weight excluding hydrogens is 330 g/mol. The largest absolute Gasteiger partial charge is 0.334 e. The molecule has 1 saturated carbocycles. The van der Waals surface area contributed by atoms with Crippen molar-refractivity contribution in [3.05, 3.63) is 52.5 Å². The van der Waals surface area contributed by atoms with Crippen molar-refractivity contribution in [2.75, 3.05) is 26.2 Å². The minimum Gasteiger partial charge on any atom is -0.334 e. The molecule has 2 aromatic rings. The molecule has 0 N–H and O–H groups in total. The number of benzene rings is 1. The second-order valence-corrected chi connectivity index (χ2v) is 8.07. The number of hydrogen-bond acceptors (Lipinski definition) is 4. The SMILES string of the molecule is O=C([C@H]1C[C@H]1c1ccccc1)N(CCN1CCCC1)Cc1nccs1. The van der Waals surface area contributed by atoms with Gasteiger partial charge < -0.3 is 9.80 Å². The molecule has 0 radical (unpaired) electrons. The number of hydrogen-bond donors (Lipinski definition) is 0. The molecule has 4 nitrogen and oxygen atoms in total. The fourth-order valence-electron chi connectivity index (χ4n) is 3.80. The van der Waals surface area contributed by atoms with Gasteiger partial charge in [-0.25, -0.2) is 4.98 Å². The van der Waals surface area contributed by atoms with Gasteiger partial charge in [0, 0.05) is 30.6 Å². The second kappa shape index (κ2) is 7.67. The molecule has 2 atom stereocenters. The maximum absolute atomic E-state index is 13.1. The monoisotopic (exact) mass is 355 g/mol. The van der Waals surface area contributed by atoms with Gasteiger partial charge in [0.25, 0.3) is 0 Å². The Hall–Kier alpha value is -1.72. The second-order valence-electron chi connectivity index (χ2n) is 7.09. The van der Waals surface area contributed by atoms with E-state index < -0.39 is 0 Å². The molecule has 2 fully saturated rings. The Balaban J connectivity index is 1.40. The summed E-state index contributed by atoms with van der Waals surface area (Å²) < 4.78 is 0. The quantitative estimate of drug-likeness (QED) is 0.764. The molecule has 4 rings (SSSR count). The molecule has 2 aliphatic rings. The highest BCUT2D eigenvalue weighted by Crippen LogP contribution is 2.48. The molecule has 1 amide bonds. The predicted molar refractivity (Wildman–Crippen MR) is 100 cm³/mol. The van der Waals surface area contributed by atoms with Crippen molar-refractivity contribution in [2.24, 2.45) is 5.92 Å². The number of aromatic nitrogens is 1. The first-order valence-electron chi connectivity index (χ1n) is 9.26. The van der Waals surface area contributed by atoms with E-state index in [9.17, 15) is 4.79 Å². The summed E-state index contributed by atoms with van der Waals surface area (Å²) in [6, 6.07) is 10.5. The first kappa shape index (κ1) is 16.7. The molecule has 5 heteroatoms. The van der Waals surface area contributed by atoms with Crippen LogP contribution in [0, 0.1) is 5.92 Å². The Morgan fingerprint density at radius 2 is 2.04 bits per heavy atom. The van der Waals surface area contributed by atoms with Crippen LogP contribution in [0.3, 0.4) is 0 Å². The third-order valence-corrected chi connectivity index (χ3v) is 6.11. The molecule has 1 aromatic carbocycles. The molecule has 132 valence electrons. The lowest BCUT2D eigenvalue weighted by molar-refractivity contribution is -0.133. The lowest BCUT2D eigenvalue weighted by atomic mass is 10.1. The van der Waals surface area contributed by atoms with Crippen molar-refractivity contribution in [2.45, 2.75) is 31.7 Å². The summed E-state index contributed by atoms with van der Waals surface area (Å²) in [5.74, 6) is 0.864. The molecular formula is C20H25N3OS. The summed E-state index contributed by atoms with van der Waals surface area (Å²) in [5, 5.41) is 3.02.